The first-order chi connectivity index (χ1) is 11.6. The van der Waals surface area contributed by atoms with E-state index in [1.807, 2.05) is 42.6 Å². The Morgan fingerprint density at radius 3 is 2.46 bits per heavy atom. The molecule has 0 amide bonds. The molecular formula is C21H19NO2. The van der Waals surface area contributed by atoms with Crippen molar-refractivity contribution >= 4 is 5.97 Å². The molecule has 1 aromatic heterocycles. The van der Waals surface area contributed by atoms with Crippen molar-refractivity contribution in [3.63, 3.8) is 0 Å². The van der Waals surface area contributed by atoms with E-state index in [-0.39, 0.29) is 0 Å². The molecule has 0 radical (unpaired) electrons. The van der Waals surface area contributed by atoms with Gasteiger partial charge in [-0.05, 0) is 53.3 Å². The molecule has 3 rings (SSSR count). The Morgan fingerprint density at radius 1 is 1.00 bits per heavy atom. The molecule has 0 fully saturated rings. The first-order valence-electron chi connectivity index (χ1n) is 7.91. The zero-order valence-electron chi connectivity index (χ0n) is 13.7. The molecule has 2 aromatic carbocycles. The summed E-state index contributed by atoms with van der Waals surface area (Å²) in [5.74, 6) is -1.36. The SMILES string of the molecule is Cc1cc(-c2cccnc2)ccc1-c1ccccc1C(C)C(=O)O. The van der Waals surface area contributed by atoms with Crippen LogP contribution in [-0.4, -0.2) is 16.1 Å². The second kappa shape index (κ2) is 6.67. The molecule has 3 heteroatoms. The highest BCUT2D eigenvalue weighted by Crippen LogP contribution is 2.33. The molecule has 1 heterocycles. The van der Waals surface area contributed by atoms with Crippen LogP contribution in [0.25, 0.3) is 22.3 Å². The number of aryl methyl sites for hydroxylation is 1. The predicted molar refractivity (Wildman–Crippen MR) is 95.9 cm³/mol. The average Bonchev–Trinajstić information content (AvgIpc) is 2.61. The van der Waals surface area contributed by atoms with Crippen LogP contribution in [0.2, 0.25) is 0 Å². The van der Waals surface area contributed by atoms with Crippen molar-refractivity contribution in [2.75, 3.05) is 0 Å². The second-order valence-electron chi connectivity index (χ2n) is 5.92. The van der Waals surface area contributed by atoms with E-state index < -0.39 is 11.9 Å². The topological polar surface area (TPSA) is 50.2 Å². The maximum Gasteiger partial charge on any atom is 0.310 e. The number of rotatable bonds is 4. The maximum absolute atomic E-state index is 11.4. The minimum absolute atomic E-state index is 0.543. The van der Waals surface area contributed by atoms with Crippen molar-refractivity contribution in [1.29, 1.82) is 0 Å². The van der Waals surface area contributed by atoms with Gasteiger partial charge >= 0.3 is 5.97 Å². The van der Waals surface area contributed by atoms with E-state index >= 15 is 0 Å². The van der Waals surface area contributed by atoms with Gasteiger partial charge in [0.05, 0.1) is 5.92 Å². The summed E-state index contributed by atoms with van der Waals surface area (Å²) in [5.41, 5.74) is 6.16. The molecule has 0 spiro atoms. The van der Waals surface area contributed by atoms with E-state index in [1.165, 1.54) is 0 Å². The summed E-state index contributed by atoms with van der Waals surface area (Å²) in [6.45, 7) is 3.78. The molecular weight excluding hydrogens is 298 g/mol. The van der Waals surface area contributed by atoms with Crippen molar-refractivity contribution in [3.05, 3.63) is 78.1 Å². The van der Waals surface area contributed by atoms with Gasteiger partial charge in [-0.2, -0.15) is 0 Å². The molecule has 0 saturated carbocycles. The van der Waals surface area contributed by atoms with E-state index in [4.69, 9.17) is 0 Å². The lowest BCUT2D eigenvalue weighted by atomic mass is 9.88. The Morgan fingerprint density at radius 2 is 1.79 bits per heavy atom. The van der Waals surface area contributed by atoms with Crippen LogP contribution in [0.5, 0.6) is 0 Å². The lowest BCUT2D eigenvalue weighted by Gasteiger charge is -2.16. The van der Waals surface area contributed by atoms with Gasteiger partial charge in [0.2, 0.25) is 0 Å². The molecule has 120 valence electrons. The summed E-state index contributed by atoms with van der Waals surface area (Å²) in [7, 11) is 0. The van der Waals surface area contributed by atoms with Crippen LogP contribution in [-0.2, 0) is 4.79 Å². The average molecular weight is 317 g/mol. The molecule has 3 nitrogen and oxygen atoms in total. The van der Waals surface area contributed by atoms with Crippen LogP contribution in [0, 0.1) is 6.92 Å². The van der Waals surface area contributed by atoms with Crippen LogP contribution in [0.15, 0.2) is 67.0 Å². The van der Waals surface area contributed by atoms with Crippen LogP contribution in [0.1, 0.15) is 24.0 Å². The highest BCUT2D eigenvalue weighted by Gasteiger charge is 2.18. The lowest BCUT2D eigenvalue weighted by Crippen LogP contribution is -2.08. The van der Waals surface area contributed by atoms with E-state index in [9.17, 15) is 9.90 Å². The minimum atomic E-state index is -0.813. The Kier molecular flexibility index (Phi) is 4.43. The summed E-state index contributed by atoms with van der Waals surface area (Å²) in [4.78, 5) is 15.6. The van der Waals surface area contributed by atoms with Crippen LogP contribution in [0.3, 0.4) is 0 Å². The molecule has 0 saturated heterocycles. The Labute approximate surface area is 141 Å². The van der Waals surface area contributed by atoms with Crippen molar-refractivity contribution < 1.29 is 9.90 Å². The summed E-state index contributed by atoms with van der Waals surface area (Å²) < 4.78 is 0. The number of aromatic nitrogens is 1. The molecule has 24 heavy (non-hydrogen) atoms. The third-order valence-corrected chi connectivity index (χ3v) is 4.31. The molecule has 3 aromatic rings. The summed E-state index contributed by atoms with van der Waals surface area (Å²) >= 11 is 0. The number of carboxylic acids is 1. The standard InChI is InChI=1S/C21H19NO2/c1-14-12-16(17-6-5-11-22-13-17)9-10-18(14)20-8-4-3-7-19(20)15(2)21(23)24/h3-13,15H,1-2H3,(H,23,24). The fourth-order valence-corrected chi connectivity index (χ4v) is 2.93. The van der Waals surface area contributed by atoms with Crippen LogP contribution < -0.4 is 0 Å². The van der Waals surface area contributed by atoms with Gasteiger partial charge in [-0.3, -0.25) is 9.78 Å². The van der Waals surface area contributed by atoms with E-state index in [1.54, 1.807) is 13.1 Å². The van der Waals surface area contributed by atoms with Gasteiger partial charge in [0.1, 0.15) is 0 Å². The van der Waals surface area contributed by atoms with Crippen LogP contribution >= 0.6 is 0 Å². The van der Waals surface area contributed by atoms with Gasteiger partial charge < -0.3 is 5.11 Å². The molecule has 0 aliphatic carbocycles. The lowest BCUT2D eigenvalue weighted by molar-refractivity contribution is -0.138. The monoisotopic (exact) mass is 317 g/mol. The van der Waals surface area contributed by atoms with Crippen molar-refractivity contribution in [1.82, 2.24) is 4.98 Å². The third-order valence-electron chi connectivity index (χ3n) is 4.31. The summed E-state index contributed by atoms with van der Waals surface area (Å²) in [5, 5.41) is 9.36. The quantitative estimate of drug-likeness (QED) is 0.743. The van der Waals surface area contributed by atoms with Crippen molar-refractivity contribution in [2.45, 2.75) is 19.8 Å². The molecule has 1 unspecified atom stereocenters. The first-order valence-corrected chi connectivity index (χ1v) is 7.91. The summed E-state index contributed by atoms with van der Waals surface area (Å²) in [6, 6.07) is 17.9. The van der Waals surface area contributed by atoms with Gasteiger partial charge in [-0.25, -0.2) is 0 Å². The Bertz CT molecular complexity index is 872. The number of carbonyl (C=O) groups is 1. The van der Waals surface area contributed by atoms with Gasteiger partial charge in [0, 0.05) is 12.4 Å². The molecule has 0 aliphatic rings. The summed E-state index contributed by atoms with van der Waals surface area (Å²) in [6.07, 6.45) is 3.60. The number of aliphatic carboxylic acids is 1. The highest BCUT2D eigenvalue weighted by molar-refractivity contribution is 5.82. The third kappa shape index (κ3) is 3.06. The zero-order valence-corrected chi connectivity index (χ0v) is 13.7. The number of hydrogen-bond acceptors (Lipinski definition) is 2. The van der Waals surface area contributed by atoms with E-state index in [0.717, 1.165) is 33.4 Å². The van der Waals surface area contributed by atoms with Gasteiger partial charge in [0.25, 0.3) is 0 Å². The van der Waals surface area contributed by atoms with E-state index in [0.29, 0.717) is 0 Å². The number of hydrogen-bond donors (Lipinski definition) is 1. The first kappa shape index (κ1) is 15.9. The zero-order chi connectivity index (χ0) is 17.1. The largest absolute Gasteiger partial charge is 0.481 e. The van der Waals surface area contributed by atoms with Crippen molar-refractivity contribution in [3.8, 4) is 22.3 Å². The molecule has 1 atom stereocenters. The predicted octanol–water partition coefficient (Wildman–Crippen LogP) is 4.91. The normalized spacial score (nSPS) is 11.9. The van der Waals surface area contributed by atoms with Crippen molar-refractivity contribution in [2.24, 2.45) is 0 Å². The smallest absolute Gasteiger partial charge is 0.310 e. The molecule has 1 N–H and O–H groups in total. The second-order valence-corrected chi connectivity index (χ2v) is 5.92. The Hall–Kier alpha value is -2.94. The van der Waals surface area contributed by atoms with Gasteiger partial charge in [-0.15, -0.1) is 0 Å². The molecule has 0 aliphatic heterocycles. The number of benzene rings is 2. The number of carboxylic acid groups (broad SMARTS) is 1. The maximum atomic E-state index is 11.4. The van der Waals surface area contributed by atoms with Gasteiger partial charge in [-0.1, -0.05) is 48.5 Å². The fraction of sp³-hybridized carbons (Fsp3) is 0.143. The molecule has 0 bridgehead atoms. The highest BCUT2D eigenvalue weighted by atomic mass is 16.4. The fourth-order valence-electron chi connectivity index (χ4n) is 2.93. The van der Waals surface area contributed by atoms with Gasteiger partial charge in [0.15, 0.2) is 0 Å². The minimum Gasteiger partial charge on any atom is -0.481 e. The van der Waals surface area contributed by atoms with E-state index in [2.05, 4.69) is 30.1 Å². The number of pyridine rings is 1. The number of nitrogens with zero attached hydrogens (tertiary/aromatic N) is 1. The Balaban J connectivity index is 2.07. The van der Waals surface area contributed by atoms with Crippen LogP contribution in [0.4, 0.5) is 0 Å².